The molecule has 1 aromatic carbocycles. The van der Waals surface area contributed by atoms with Crippen molar-refractivity contribution in [1.82, 2.24) is 15.1 Å². The highest BCUT2D eigenvalue weighted by molar-refractivity contribution is 5.27. The lowest BCUT2D eigenvalue weighted by molar-refractivity contribution is 0.271. The summed E-state index contributed by atoms with van der Waals surface area (Å²) >= 11 is 0. The molecule has 0 aliphatic heterocycles. The number of aromatic nitrogens is 2. The summed E-state index contributed by atoms with van der Waals surface area (Å²) in [6.45, 7) is 6.68. The van der Waals surface area contributed by atoms with Crippen molar-refractivity contribution in [2.75, 3.05) is 6.61 Å². The Labute approximate surface area is 120 Å². The van der Waals surface area contributed by atoms with E-state index in [9.17, 15) is 0 Å². The monoisotopic (exact) mass is 273 g/mol. The minimum Gasteiger partial charge on any atom is -0.493 e. The van der Waals surface area contributed by atoms with Gasteiger partial charge in [-0.25, -0.2) is 0 Å². The van der Waals surface area contributed by atoms with Crippen molar-refractivity contribution in [3.8, 4) is 5.75 Å². The lowest BCUT2D eigenvalue weighted by Gasteiger charge is -2.09. The van der Waals surface area contributed by atoms with Gasteiger partial charge in [-0.2, -0.15) is 5.10 Å². The maximum Gasteiger partial charge on any atom is 0.119 e. The standard InChI is InChI=1S/C16H23N3O/c1-13(2)12-20-16-6-4-14(5-7-16)10-17-11-15-8-9-19(3)18-15/h4-9,13,17H,10-12H2,1-3H3. The molecule has 1 heterocycles. The van der Waals surface area contributed by atoms with Crippen LogP contribution in [-0.2, 0) is 20.1 Å². The highest BCUT2D eigenvalue weighted by atomic mass is 16.5. The number of nitrogens with zero attached hydrogens (tertiary/aromatic N) is 2. The van der Waals surface area contributed by atoms with Gasteiger partial charge in [-0.15, -0.1) is 0 Å². The first-order valence-electron chi connectivity index (χ1n) is 7.04. The molecule has 0 amide bonds. The van der Waals surface area contributed by atoms with Gasteiger partial charge in [0.15, 0.2) is 0 Å². The van der Waals surface area contributed by atoms with E-state index in [1.54, 1.807) is 0 Å². The van der Waals surface area contributed by atoms with Gasteiger partial charge in [-0.3, -0.25) is 4.68 Å². The van der Waals surface area contributed by atoms with Crippen LogP contribution in [0.25, 0.3) is 0 Å². The predicted octanol–water partition coefficient (Wildman–Crippen LogP) is 2.74. The topological polar surface area (TPSA) is 39.1 Å². The molecule has 4 nitrogen and oxygen atoms in total. The van der Waals surface area contributed by atoms with Gasteiger partial charge in [-0.05, 0) is 29.7 Å². The van der Waals surface area contributed by atoms with Crippen LogP contribution in [0.5, 0.6) is 5.75 Å². The van der Waals surface area contributed by atoms with Crippen LogP contribution < -0.4 is 10.1 Å². The average Bonchev–Trinajstić information content (AvgIpc) is 2.83. The van der Waals surface area contributed by atoms with Crippen LogP contribution in [0.15, 0.2) is 36.5 Å². The second-order valence-electron chi connectivity index (χ2n) is 5.43. The van der Waals surface area contributed by atoms with Crippen LogP contribution in [0.3, 0.4) is 0 Å². The van der Waals surface area contributed by atoms with Crippen LogP contribution >= 0.6 is 0 Å². The van der Waals surface area contributed by atoms with Crippen LogP contribution in [0, 0.1) is 5.92 Å². The summed E-state index contributed by atoms with van der Waals surface area (Å²) in [6.07, 6.45) is 1.96. The summed E-state index contributed by atoms with van der Waals surface area (Å²) in [6, 6.07) is 10.3. The molecule has 0 radical (unpaired) electrons. The molecule has 0 saturated heterocycles. The summed E-state index contributed by atoms with van der Waals surface area (Å²) in [4.78, 5) is 0. The molecule has 2 rings (SSSR count). The molecule has 4 heteroatoms. The normalized spacial score (nSPS) is 11.0. The molecule has 0 aliphatic carbocycles. The van der Waals surface area contributed by atoms with Gasteiger partial charge in [0.2, 0.25) is 0 Å². The van der Waals surface area contributed by atoms with E-state index in [0.717, 1.165) is 31.1 Å². The smallest absolute Gasteiger partial charge is 0.119 e. The van der Waals surface area contributed by atoms with E-state index in [-0.39, 0.29) is 0 Å². The Morgan fingerprint density at radius 1 is 1.15 bits per heavy atom. The summed E-state index contributed by atoms with van der Waals surface area (Å²) in [5, 5.41) is 7.72. The molecule has 0 spiro atoms. The van der Waals surface area contributed by atoms with Gasteiger partial charge in [0.05, 0.1) is 12.3 Å². The quantitative estimate of drug-likeness (QED) is 0.843. The molecular weight excluding hydrogens is 250 g/mol. The van der Waals surface area contributed by atoms with E-state index in [4.69, 9.17) is 4.74 Å². The van der Waals surface area contributed by atoms with Crippen LogP contribution in [-0.4, -0.2) is 16.4 Å². The number of aryl methyl sites for hydroxylation is 1. The minimum atomic E-state index is 0.551. The van der Waals surface area contributed by atoms with E-state index in [0.29, 0.717) is 5.92 Å². The Kier molecular flexibility index (Phi) is 5.18. The number of benzene rings is 1. The first-order valence-corrected chi connectivity index (χ1v) is 7.04. The van der Waals surface area contributed by atoms with Crippen LogP contribution in [0.2, 0.25) is 0 Å². The molecule has 20 heavy (non-hydrogen) atoms. The third-order valence-corrected chi connectivity index (χ3v) is 2.91. The lowest BCUT2D eigenvalue weighted by Crippen LogP contribution is -2.13. The Morgan fingerprint density at radius 3 is 2.50 bits per heavy atom. The Morgan fingerprint density at radius 2 is 1.90 bits per heavy atom. The fraction of sp³-hybridized carbons (Fsp3) is 0.438. The maximum atomic E-state index is 5.67. The molecule has 0 aliphatic rings. The predicted molar refractivity (Wildman–Crippen MR) is 80.5 cm³/mol. The zero-order valence-electron chi connectivity index (χ0n) is 12.5. The molecule has 0 fully saturated rings. The third kappa shape index (κ3) is 4.70. The van der Waals surface area contributed by atoms with E-state index in [1.807, 2.05) is 36.1 Å². The number of hydrogen-bond donors (Lipinski definition) is 1. The van der Waals surface area contributed by atoms with Crippen molar-refractivity contribution in [3.63, 3.8) is 0 Å². The molecule has 1 aromatic heterocycles. The van der Waals surface area contributed by atoms with Gasteiger partial charge in [0.25, 0.3) is 0 Å². The Hall–Kier alpha value is -1.81. The lowest BCUT2D eigenvalue weighted by atomic mass is 10.2. The molecule has 0 unspecified atom stereocenters. The fourth-order valence-electron chi connectivity index (χ4n) is 1.86. The number of ether oxygens (including phenoxy) is 1. The largest absolute Gasteiger partial charge is 0.493 e. The number of rotatable bonds is 7. The van der Waals surface area contributed by atoms with Gasteiger partial charge >= 0.3 is 0 Å². The van der Waals surface area contributed by atoms with Crippen molar-refractivity contribution < 1.29 is 4.74 Å². The first-order chi connectivity index (χ1) is 9.63. The van der Waals surface area contributed by atoms with E-state index < -0.39 is 0 Å². The molecule has 0 atom stereocenters. The van der Waals surface area contributed by atoms with Gasteiger partial charge < -0.3 is 10.1 Å². The zero-order valence-corrected chi connectivity index (χ0v) is 12.5. The van der Waals surface area contributed by atoms with Crippen LogP contribution in [0.1, 0.15) is 25.1 Å². The second-order valence-corrected chi connectivity index (χ2v) is 5.43. The van der Waals surface area contributed by atoms with Gasteiger partial charge in [0.1, 0.15) is 5.75 Å². The molecule has 2 aromatic rings. The minimum absolute atomic E-state index is 0.551. The van der Waals surface area contributed by atoms with Crippen molar-refractivity contribution in [3.05, 3.63) is 47.8 Å². The maximum absolute atomic E-state index is 5.67. The number of hydrogen-bond acceptors (Lipinski definition) is 3. The summed E-state index contributed by atoms with van der Waals surface area (Å²) < 4.78 is 7.48. The molecule has 1 N–H and O–H groups in total. The van der Waals surface area contributed by atoms with Crippen molar-refractivity contribution in [2.45, 2.75) is 26.9 Å². The van der Waals surface area contributed by atoms with E-state index in [1.165, 1.54) is 5.56 Å². The first kappa shape index (κ1) is 14.6. The van der Waals surface area contributed by atoms with Crippen molar-refractivity contribution >= 4 is 0 Å². The number of nitrogens with one attached hydrogen (secondary N) is 1. The molecule has 0 saturated carbocycles. The summed E-state index contributed by atoms with van der Waals surface area (Å²) in [5.74, 6) is 1.49. The van der Waals surface area contributed by atoms with E-state index >= 15 is 0 Å². The average molecular weight is 273 g/mol. The van der Waals surface area contributed by atoms with Gasteiger partial charge in [-0.1, -0.05) is 26.0 Å². The van der Waals surface area contributed by atoms with Gasteiger partial charge in [0, 0.05) is 26.3 Å². The Balaban J connectivity index is 1.76. The molecular formula is C16H23N3O. The highest BCUT2D eigenvalue weighted by Crippen LogP contribution is 2.13. The third-order valence-electron chi connectivity index (χ3n) is 2.91. The van der Waals surface area contributed by atoms with E-state index in [2.05, 4.69) is 36.4 Å². The zero-order chi connectivity index (χ0) is 14.4. The van der Waals surface area contributed by atoms with Crippen LogP contribution in [0.4, 0.5) is 0 Å². The molecule has 0 bridgehead atoms. The van der Waals surface area contributed by atoms with Crippen molar-refractivity contribution in [1.29, 1.82) is 0 Å². The fourth-order valence-corrected chi connectivity index (χ4v) is 1.86. The van der Waals surface area contributed by atoms with Crippen molar-refractivity contribution in [2.24, 2.45) is 13.0 Å². The summed E-state index contributed by atoms with van der Waals surface area (Å²) in [5.41, 5.74) is 2.31. The second kappa shape index (κ2) is 7.10. The highest BCUT2D eigenvalue weighted by Gasteiger charge is 1.99. The SMILES string of the molecule is CC(C)COc1ccc(CNCc2ccn(C)n2)cc1. The Bertz CT molecular complexity index is 517. The molecule has 108 valence electrons. The summed E-state index contributed by atoms with van der Waals surface area (Å²) in [7, 11) is 1.93.